The molecule has 0 aliphatic heterocycles. The first-order valence-electron chi connectivity index (χ1n) is 11.8. The number of allylic oxidation sites excluding steroid dienone is 2. The molecule has 188 valence electrons. The third-order valence-corrected chi connectivity index (χ3v) is 5.09. The number of rotatable bonds is 15. The van der Waals surface area contributed by atoms with Crippen molar-refractivity contribution in [3.8, 4) is 0 Å². The molecule has 2 rings (SSSR count). The van der Waals surface area contributed by atoms with E-state index in [9.17, 15) is 14.4 Å². The van der Waals surface area contributed by atoms with Gasteiger partial charge in [0, 0.05) is 24.2 Å². The van der Waals surface area contributed by atoms with Crippen LogP contribution in [0.25, 0.3) is 0 Å². The van der Waals surface area contributed by atoms with E-state index in [2.05, 4.69) is 22.8 Å². The van der Waals surface area contributed by atoms with E-state index in [1.165, 1.54) is 0 Å². The zero-order valence-corrected chi connectivity index (χ0v) is 19.7. The summed E-state index contributed by atoms with van der Waals surface area (Å²) >= 11 is 0. The van der Waals surface area contributed by atoms with Crippen molar-refractivity contribution in [2.75, 3.05) is 52.7 Å². The molecule has 0 unspecified atom stereocenters. The molecule has 2 amide bonds. The van der Waals surface area contributed by atoms with E-state index >= 15 is 0 Å². The van der Waals surface area contributed by atoms with Crippen molar-refractivity contribution in [3.63, 3.8) is 0 Å². The summed E-state index contributed by atoms with van der Waals surface area (Å²) in [6, 6.07) is 6.41. The van der Waals surface area contributed by atoms with Crippen LogP contribution >= 0.6 is 0 Å². The normalized spacial score (nSPS) is 16.6. The number of alkyl carbamates (subject to hydrolysis) is 1. The number of carbonyl (C=O) groups excluding carboxylic acids is 3. The summed E-state index contributed by atoms with van der Waals surface area (Å²) in [5.41, 5.74) is 1.02. The van der Waals surface area contributed by atoms with Gasteiger partial charge in [-0.25, -0.2) is 4.79 Å². The van der Waals surface area contributed by atoms with Gasteiger partial charge in [-0.2, -0.15) is 0 Å². The lowest BCUT2D eigenvalue weighted by molar-refractivity contribution is 0.0153. The number of hydrogen-bond acceptors (Lipinski definition) is 7. The van der Waals surface area contributed by atoms with Gasteiger partial charge in [-0.15, -0.1) is 0 Å². The minimum absolute atomic E-state index is 0.0145. The van der Waals surface area contributed by atoms with Crippen molar-refractivity contribution in [3.05, 3.63) is 47.5 Å². The van der Waals surface area contributed by atoms with Gasteiger partial charge in [-0.3, -0.25) is 9.59 Å². The van der Waals surface area contributed by atoms with Gasteiger partial charge >= 0.3 is 6.09 Å². The van der Waals surface area contributed by atoms with Gasteiger partial charge in [0.2, 0.25) is 0 Å². The van der Waals surface area contributed by atoms with Gasteiger partial charge in [0.1, 0.15) is 12.4 Å². The summed E-state index contributed by atoms with van der Waals surface area (Å²) in [4.78, 5) is 34.4. The first kappa shape index (κ1) is 27.5. The van der Waals surface area contributed by atoms with Crippen molar-refractivity contribution in [2.45, 2.75) is 38.2 Å². The Balaban J connectivity index is 1.34. The lowest BCUT2D eigenvalue weighted by atomic mass is 10.0. The third kappa shape index (κ3) is 12.5. The van der Waals surface area contributed by atoms with Crippen molar-refractivity contribution < 1.29 is 33.3 Å². The zero-order valence-electron chi connectivity index (χ0n) is 19.7. The molecule has 34 heavy (non-hydrogen) atoms. The summed E-state index contributed by atoms with van der Waals surface area (Å²) in [6.45, 7) is 3.21. The number of aldehydes is 1. The monoisotopic (exact) mass is 476 g/mol. The van der Waals surface area contributed by atoms with Crippen LogP contribution in [0.15, 0.2) is 36.4 Å². The lowest BCUT2D eigenvalue weighted by Crippen LogP contribution is -2.31. The summed E-state index contributed by atoms with van der Waals surface area (Å²) < 4.78 is 21.7. The van der Waals surface area contributed by atoms with Crippen LogP contribution in [0.5, 0.6) is 0 Å². The molecule has 0 radical (unpaired) electrons. The minimum atomic E-state index is -0.390. The molecule has 0 saturated carbocycles. The van der Waals surface area contributed by atoms with Crippen LogP contribution in [-0.2, 0) is 18.9 Å². The van der Waals surface area contributed by atoms with Gasteiger partial charge in [0.05, 0.1) is 39.6 Å². The smallest absolute Gasteiger partial charge is 0.407 e. The molecular formula is C25H36N2O7. The standard InChI is InChI=1S/C25H36N2O7/c28-20-21-8-10-22(11-9-21)24(29)26-12-14-31-16-18-33-19-17-32-15-13-27-25(30)34-23-6-4-2-1-3-5-7-23/h1-2,8-11,20,23H,3-7,12-19H2,(H,26,29)(H,27,30)/b2-1+/t23-/m1/s1. The fraction of sp³-hybridized carbons (Fsp3) is 0.560. The highest BCUT2D eigenvalue weighted by molar-refractivity contribution is 5.94. The van der Waals surface area contributed by atoms with Gasteiger partial charge in [-0.1, -0.05) is 24.3 Å². The number of ether oxygens (including phenoxy) is 4. The second kappa shape index (κ2) is 17.7. The predicted octanol–water partition coefficient (Wildman–Crippen LogP) is 2.89. The van der Waals surface area contributed by atoms with Crippen LogP contribution in [0.3, 0.4) is 0 Å². The van der Waals surface area contributed by atoms with Crippen LogP contribution < -0.4 is 10.6 Å². The molecule has 2 N–H and O–H groups in total. The van der Waals surface area contributed by atoms with Crippen LogP contribution in [0.1, 0.15) is 52.8 Å². The fourth-order valence-electron chi connectivity index (χ4n) is 3.26. The van der Waals surface area contributed by atoms with E-state index in [1.807, 2.05) is 0 Å². The summed E-state index contributed by atoms with van der Waals surface area (Å²) in [6.07, 6.45) is 9.47. The summed E-state index contributed by atoms with van der Waals surface area (Å²) in [5, 5.41) is 5.46. The Hall–Kier alpha value is -2.75. The Morgan fingerprint density at radius 3 is 2.12 bits per heavy atom. The maximum atomic E-state index is 12.0. The zero-order chi connectivity index (χ0) is 24.3. The second-order valence-electron chi connectivity index (χ2n) is 7.77. The van der Waals surface area contributed by atoms with Crippen molar-refractivity contribution >= 4 is 18.3 Å². The number of amides is 2. The average molecular weight is 477 g/mol. The van der Waals surface area contributed by atoms with E-state index < -0.39 is 6.09 Å². The summed E-state index contributed by atoms with van der Waals surface area (Å²) in [5.74, 6) is -0.213. The number of hydrogen-bond donors (Lipinski definition) is 2. The SMILES string of the molecule is O=Cc1ccc(C(=O)NCCOCCOCCOCCNC(=O)O[C@@H]2CC/C=C/CCC2)cc1. The van der Waals surface area contributed by atoms with Crippen molar-refractivity contribution in [1.82, 2.24) is 10.6 Å². The highest BCUT2D eigenvalue weighted by Gasteiger charge is 2.14. The number of carbonyl (C=O) groups is 3. The van der Waals surface area contributed by atoms with Gasteiger partial charge < -0.3 is 29.6 Å². The molecule has 0 saturated heterocycles. The topological polar surface area (TPSA) is 112 Å². The Morgan fingerprint density at radius 1 is 0.824 bits per heavy atom. The Bertz CT molecular complexity index is 752. The first-order valence-corrected chi connectivity index (χ1v) is 11.8. The second-order valence-corrected chi connectivity index (χ2v) is 7.77. The molecule has 9 nitrogen and oxygen atoms in total. The van der Waals surface area contributed by atoms with E-state index in [0.29, 0.717) is 63.9 Å². The Labute approximate surface area is 201 Å². The molecule has 0 heterocycles. The molecule has 0 bridgehead atoms. The molecule has 0 spiro atoms. The average Bonchev–Trinajstić information content (AvgIpc) is 2.83. The quantitative estimate of drug-likeness (QED) is 0.227. The molecule has 1 aromatic rings. The molecular weight excluding hydrogens is 440 g/mol. The van der Waals surface area contributed by atoms with Crippen LogP contribution in [0, 0.1) is 0 Å². The molecule has 1 atom stereocenters. The minimum Gasteiger partial charge on any atom is -0.446 e. The van der Waals surface area contributed by atoms with Crippen LogP contribution in [0.4, 0.5) is 4.79 Å². The van der Waals surface area contributed by atoms with E-state index in [0.717, 1.165) is 38.4 Å². The fourth-order valence-corrected chi connectivity index (χ4v) is 3.26. The highest BCUT2D eigenvalue weighted by atomic mass is 16.6. The third-order valence-electron chi connectivity index (χ3n) is 5.09. The van der Waals surface area contributed by atoms with Gasteiger partial charge in [-0.05, 0) is 44.2 Å². The van der Waals surface area contributed by atoms with Crippen molar-refractivity contribution in [2.24, 2.45) is 0 Å². The van der Waals surface area contributed by atoms with E-state index in [4.69, 9.17) is 18.9 Å². The van der Waals surface area contributed by atoms with Crippen molar-refractivity contribution in [1.29, 1.82) is 0 Å². The summed E-state index contributed by atoms with van der Waals surface area (Å²) in [7, 11) is 0. The number of benzene rings is 1. The van der Waals surface area contributed by atoms with Gasteiger partial charge in [0.15, 0.2) is 0 Å². The molecule has 1 aliphatic carbocycles. The van der Waals surface area contributed by atoms with Crippen LogP contribution in [-0.4, -0.2) is 77.1 Å². The lowest BCUT2D eigenvalue weighted by Gasteiger charge is -2.18. The highest BCUT2D eigenvalue weighted by Crippen LogP contribution is 2.15. The maximum absolute atomic E-state index is 12.0. The van der Waals surface area contributed by atoms with E-state index in [1.54, 1.807) is 24.3 Å². The first-order chi connectivity index (χ1) is 16.7. The Morgan fingerprint density at radius 2 is 1.44 bits per heavy atom. The predicted molar refractivity (Wildman–Crippen MR) is 127 cm³/mol. The molecule has 0 aromatic heterocycles. The molecule has 1 aliphatic rings. The van der Waals surface area contributed by atoms with Crippen LogP contribution in [0.2, 0.25) is 0 Å². The Kier molecular flexibility index (Phi) is 14.3. The van der Waals surface area contributed by atoms with E-state index in [-0.39, 0.29) is 12.0 Å². The number of nitrogens with one attached hydrogen (secondary N) is 2. The maximum Gasteiger partial charge on any atom is 0.407 e. The largest absolute Gasteiger partial charge is 0.446 e. The molecule has 1 aromatic carbocycles. The molecule has 9 heteroatoms. The van der Waals surface area contributed by atoms with Gasteiger partial charge in [0.25, 0.3) is 5.91 Å². The molecule has 0 fully saturated rings.